The van der Waals surface area contributed by atoms with Crippen LogP contribution in [0.1, 0.15) is 35.3 Å². The molecule has 1 aliphatic rings. The third kappa shape index (κ3) is 2.26. The zero-order chi connectivity index (χ0) is 14.1. The number of likely N-dealkylation sites (tertiary alicyclic amines) is 1. The van der Waals surface area contributed by atoms with Crippen molar-refractivity contribution in [2.45, 2.75) is 26.2 Å². The van der Waals surface area contributed by atoms with Crippen LogP contribution in [0.4, 0.5) is 4.39 Å². The number of carbonyl (C=O) groups excluding carboxylic acids is 1. The van der Waals surface area contributed by atoms with Gasteiger partial charge in [-0.1, -0.05) is 12.1 Å². The highest BCUT2D eigenvalue weighted by atomic mass is 19.1. The monoisotopic (exact) mass is 272 g/mol. The predicted molar refractivity (Wildman–Crippen MR) is 76.2 cm³/mol. The zero-order valence-corrected chi connectivity index (χ0v) is 11.5. The standard InChI is InChI=1S/C16H17FN2O/c1-11-10-13(16(20)19-8-3-2-4-9-19)12-6-5-7-14(17)15(12)18-11/h5-7,10H,2-4,8-9H2,1H3. The van der Waals surface area contributed by atoms with Crippen LogP contribution in [-0.4, -0.2) is 28.9 Å². The summed E-state index contributed by atoms with van der Waals surface area (Å²) >= 11 is 0. The molecule has 2 heterocycles. The number of nitrogens with zero attached hydrogens (tertiary/aromatic N) is 2. The highest BCUT2D eigenvalue weighted by Gasteiger charge is 2.21. The van der Waals surface area contributed by atoms with Crippen molar-refractivity contribution in [3.05, 3.63) is 41.3 Å². The number of fused-ring (bicyclic) bond motifs is 1. The SMILES string of the molecule is Cc1cc(C(=O)N2CCCCC2)c2cccc(F)c2n1. The Bertz CT molecular complexity index is 663. The van der Waals surface area contributed by atoms with Gasteiger partial charge in [-0.3, -0.25) is 4.79 Å². The van der Waals surface area contributed by atoms with Crippen molar-refractivity contribution >= 4 is 16.8 Å². The van der Waals surface area contributed by atoms with Gasteiger partial charge in [0.1, 0.15) is 11.3 Å². The van der Waals surface area contributed by atoms with Crippen LogP contribution in [-0.2, 0) is 0 Å². The fourth-order valence-corrected chi connectivity index (χ4v) is 2.79. The fraction of sp³-hybridized carbons (Fsp3) is 0.375. The number of piperidine rings is 1. The van der Waals surface area contributed by atoms with Crippen molar-refractivity contribution in [1.82, 2.24) is 9.88 Å². The van der Waals surface area contributed by atoms with E-state index in [9.17, 15) is 9.18 Å². The summed E-state index contributed by atoms with van der Waals surface area (Å²) in [5.74, 6) is -0.385. The lowest BCUT2D eigenvalue weighted by molar-refractivity contribution is 0.0726. The van der Waals surface area contributed by atoms with Crippen LogP contribution in [0.2, 0.25) is 0 Å². The minimum Gasteiger partial charge on any atom is -0.339 e. The van der Waals surface area contributed by atoms with Gasteiger partial charge < -0.3 is 4.90 Å². The topological polar surface area (TPSA) is 33.2 Å². The van der Waals surface area contributed by atoms with E-state index in [0.717, 1.165) is 25.9 Å². The van der Waals surface area contributed by atoms with Crippen LogP contribution >= 0.6 is 0 Å². The maximum absolute atomic E-state index is 13.9. The number of carbonyl (C=O) groups is 1. The van der Waals surface area contributed by atoms with Gasteiger partial charge in [-0.2, -0.15) is 0 Å². The van der Waals surface area contributed by atoms with E-state index in [1.165, 1.54) is 12.5 Å². The summed E-state index contributed by atoms with van der Waals surface area (Å²) in [6.07, 6.45) is 3.26. The van der Waals surface area contributed by atoms with E-state index in [1.54, 1.807) is 25.1 Å². The quantitative estimate of drug-likeness (QED) is 0.798. The van der Waals surface area contributed by atoms with E-state index in [4.69, 9.17) is 0 Å². The molecule has 0 N–H and O–H groups in total. The Hall–Kier alpha value is -1.97. The summed E-state index contributed by atoms with van der Waals surface area (Å²) in [7, 11) is 0. The third-order valence-corrected chi connectivity index (χ3v) is 3.79. The van der Waals surface area contributed by atoms with Gasteiger partial charge in [0.05, 0.1) is 5.56 Å². The molecule has 0 saturated carbocycles. The number of halogens is 1. The highest BCUT2D eigenvalue weighted by Crippen LogP contribution is 2.23. The van der Waals surface area contributed by atoms with Crippen LogP contribution in [0.3, 0.4) is 0 Å². The molecule has 0 radical (unpaired) electrons. The van der Waals surface area contributed by atoms with Gasteiger partial charge in [0.2, 0.25) is 0 Å². The number of amides is 1. The molecule has 0 spiro atoms. The van der Waals surface area contributed by atoms with E-state index < -0.39 is 0 Å². The Morgan fingerprint density at radius 2 is 2.00 bits per heavy atom. The van der Waals surface area contributed by atoms with Crippen LogP contribution in [0.15, 0.2) is 24.3 Å². The van der Waals surface area contributed by atoms with Crippen LogP contribution in [0.5, 0.6) is 0 Å². The lowest BCUT2D eigenvalue weighted by atomic mass is 10.0. The second-order valence-corrected chi connectivity index (χ2v) is 5.30. The van der Waals surface area contributed by atoms with Crippen molar-refractivity contribution in [3.8, 4) is 0 Å². The molecule has 3 nitrogen and oxygen atoms in total. The Labute approximate surface area is 117 Å². The minimum atomic E-state index is -0.376. The summed E-state index contributed by atoms with van der Waals surface area (Å²) in [4.78, 5) is 18.7. The van der Waals surface area contributed by atoms with Crippen LogP contribution < -0.4 is 0 Å². The number of para-hydroxylation sites is 1. The highest BCUT2D eigenvalue weighted by molar-refractivity contribution is 6.06. The number of aryl methyl sites for hydroxylation is 1. The normalized spacial score (nSPS) is 15.6. The van der Waals surface area contributed by atoms with Crippen molar-refractivity contribution in [1.29, 1.82) is 0 Å². The summed E-state index contributed by atoms with van der Waals surface area (Å²) in [6, 6.07) is 6.53. The molecule has 1 fully saturated rings. The summed E-state index contributed by atoms with van der Waals surface area (Å²) in [5, 5.41) is 0.603. The van der Waals surface area contributed by atoms with Crippen molar-refractivity contribution in [3.63, 3.8) is 0 Å². The average molecular weight is 272 g/mol. The van der Waals surface area contributed by atoms with E-state index >= 15 is 0 Å². The van der Waals surface area contributed by atoms with Gasteiger partial charge in [0, 0.05) is 24.2 Å². The molecule has 104 valence electrons. The molecule has 0 atom stereocenters. The Balaban J connectivity index is 2.10. The second kappa shape index (κ2) is 5.19. The molecule has 2 aromatic rings. The number of rotatable bonds is 1. The molecular weight excluding hydrogens is 255 g/mol. The van der Waals surface area contributed by atoms with Gasteiger partial charge in [-0.25, -0.2) is 9.37 Å². The first kappa shape index (κ1) is 13.0. The lowest BCUT2D eigenvalue weighted by Crippen LogP contribution is -2.35. The number of aromatic nitrogens is 1. The molecule has 1 aromatic heterocycles. The summed E-state index contributed by atoms with van der Waals surface area (Å²) in [6.45, 7) is 3.37. The third-order valence-electron chi connectivity index (χ3n) is 3.79. The van der Waals surface area contributed by atoms with Gasteiger partial charge in [0.15, 0.2) is 0 Å². The molecule has 1 aromatic carbocycles. The molecule has 20 heavy (non-hydrogen) atoms. The molecule has 4 heteroatoms. The van der Waals surface area contributed by atoms with E-state index in [-0.39, 0.29) is 17.2 Å². The van der Waals surface area contributed by atoms with Crippen molar-refractivity contribution in [2.24, 2.45) is 0 Å². The zero-order valence-electron chi connectivity index (χ0n) is 11.5. The number of benzene rings is 1. The van der Waals surface area contributed by atoms with E-state index in [0.29, 0.717) is 16.6 Å². The summed E-state index contributed by atoms with van der Waals surface area (Å²) < 4.78 is 13.9. The first-order valence-corrected chi connectivity index (χ1v) is 7.02. The van der Waals surface area contributed by atoms with E-state index in [2.05, 4.69) is 4.98 Å². The molecule has 0 unspecified atom stereocenters. The molecule has 1 aliphatic heterocycles. The van der Waals surface area contributed by atoms with Gasteiger partial charge in [0.25, 0.3) is 5.91 Å². The molecule has 0 aliphatic carbocycles. The average Bonchev–Trinajstić information content (AvgIpc) is 2.48. The summed E-state index contributed by atoms with van der Waals surface area (Å²) in [5.41, 5.74) is 1.52. The van der Waals surface area contributed by atoms with Gasteiger partial charge >= 0.3 is 0 Å². The maximum atomic E-state index is 13.9. The second-order valence-electron chi connectivity index (χ2n) is 5.30. The van der Waals surface area contributed by atoms with Gasteiger partial charge in [-0.15, -0.1) is 0 Å². The molecule has 0 bridgehead atoms. The molecule has 1 amide bonds. The maximum Gasteiger partial charge on any atom is 0.254 e. The van der Waals surface area contributed by atoms with Crippen LogP contribution in [0.25, 0.3) is 10.9 Å². The number of pyridine rings is 1. The molecular formula is C16H17FN2O. The number of hydrogen-bond acceptors (Lipinski definition) is 2. The Kier molecular flexibility index (Phi) is 3.38. The van der Waals surface area contributed by atoms with Crippen LogP contribution in [0, 0.1) is 12.7 Å². The van der Waals surface area contributed by atoms with Gasteiger partial charge in [-0.05, 0) is 38.3 Å². The molecule has 1 saturated heterocycles. The first-order chi connectivity index (χ1) is 9.66. The largest absolute Gasteiger partial charge is 0.339 e. The fourth-order valence-electron chi connectivity index (χ4n) is 2.79. The smallest absolute Gasteiger partial charge is 0.254 e. The first-order valence-electron chi connectivity index (χ1n) is 7.02. The van der Waals surface area contributed by atoms with Crippen molar-refractivity contribution < 1.29 is 9.18 Å². The van der Waals surface area contributed by atoms with E-state index in [1.807, 2.05) is 4.90 Å². The predicted octanol–water partition coefficient (Wildman–Crippen LogP) is 3.31. The Morgan fingerprint density at radius 1 is 1.25 bits per heavy atom. The Morgan fingerprint density at radius 3 is 2.75 bits per heavy atom. The number of hydrogen-bond donors (Lipinski definition) is 0. The lowest BCUT2D eigenvalue weighted by Gasteiger charge is -2.27. The van der Waals surface area contributed by atoms with Crippen molar-refractivity contribution in [2.75, 3.05) is 13.1 Å². The minimum absolute atomic E-state index is 0.00852. The molecule has 3 rings (SSSR count).